The summed E-state index contributed by atoms with van der Waals surface area (Å²) in [5, 5.41) is 3.41. The number of H-pyrrole nitrogens is 1. The van der Waals surface area contributed by atoms with Crippen LogP contribution in [0.5, 0.6) is 0 Å². The lowest BCUT2D eigenvalue weighted by Gasteiger charge is -2.06. The van der Waals surface area contributed by atoms with Crippen molar-refractivity contribution in [1.82, 2.24) is 10.3 Å². The Balaban J connectivity index is 0.00000106. The van der Waals surface area contributed by atoms with Crippen molar-refractivity contribution < 1.29 is 0 Å². The number of aromatic amines is 1. The Morgan fingerprint density at radius 3 is 2.19 bits per heavy atom. The molecule has 2 heteroatoms. The van der Waals surface area contributed by atoms with Crippen molar-refractivity contribution in [2.24, 2.45) is 0 Å². The summed E-state index contributed by atoms with van der Waals surface area (Å²) in [6.07, 6.45) is 1.09. The van der Waals surface area contributed by atoms with Crippen LogP contribution >= 0.6 is 0 Å². The molecular weight excluding hydrogens is 196 g/mol. The van der Waals surface area contributed by atoms with Crippen molar-refractivity contribution in [2.75, 3.05) is 6.54 Å². The molecule has 1 heterocycles. The molecule has 0 unspecified atom stereocenters. The third-order valence-electron chi connectivity index (χ3n) is 2.34. The molecule has 16 heavy (non-hydrogen) atoms. The zero-order valence-corrected chi connectivity index (χ0v) is 11.7. The Kier molecular flexibility index (Phi) is 8.00. The molecule has 2 nitrogen and oxygen atoms in total. The molecule has 94 valence electrons. The highest BCUT2D eigenvalue weighted by atomic mass is 14.9. The number of hydrogen-bond acceptors (Lipinski definition) is 1. The van der Waals surface area contributed by atoms with Gasteiger partial charge in [-0.05, 0) is 24.5 Å². The molecule has 0 saturated heterocycles. The first-order valence-corrected chi connectivity index (χ1v) is 6.50. The number of rotatable bonds is 5. The Hall–Kier alpha value is -0.760. The second-order valence-electron chi connectivity index (χ2n) is 4.45. The maximum Gasteiger partial charge on any atom is 0.0175 e. The molecule has 0 aliphatic heterocycles. The van der Waals surface area contributed by atoms with Gasteiger partial charge in [0.15, 0.2) is 0 Å². The average Bonchev–Trinajstić information content (AvgIpc) is 2.69. The van der Waals surface area contributed by atoms with E-state index in [1.54, 1.807) is 0 Å². The molecule has 1 rings (SSSR count). The second-order valence-corrected chi connectivity index (χ2v) is 4.45. The third-order valence-corrected chi connectivity index (χ3v) is 2.34. The van der Waals surface area contributed by atoms with Gasteiger partial charge in [0.25, 0.3) is 0 Å². The van der Waals surface area contributed by atoms with Crippen LogP contribution in [-0.2, 0) is 6.42 Å². The minimum atomic E-state index is 0.578. The standard InChI is InChI=1S/C12H22N2.C2H6/c1-9(2)12-6-5-11(14-12)7-8-13-10(3)4;1-2/h5-6,9-10,13-14H,7-8H2,1-4H3;1-2H3. The van der Waals surface area contributed by atoms with Gasteiger partial charge in [0.05, 0.1) is 0 Å². The molecule has 1 aromatic heterocycles. The van der Waals surface area contributed by atoms with E-state index in [1.807, 2.05) is 13.8 Å². The van der Waals surface area contributed by atoms with Gasteiger partial charge < -0.3 is 10.3 Å². The zero-order chi connectivity index (χ0) is 12.6. The molecule has 0 amide bonds. The van der Waals surface area contributed by atoms with E-state index in [9.17, 15) is 0 Å². The molecule has 0 radical (unpaired) electrons. The molecule has 0 saturated carbocycles. The van der Waals surface area contributed by atoms with Crippen LogP contribution in [0.2, 0.25) is 0 Å². The summed E-state index contributed by atoms with van der Waals surface area (Å²) < 4.78 is 0. The van der Waals surface area contributed by atoms with Crippen molar-refractivity contribution >= 4 is 0 Å². The summed E-state index contributed by atoms with van der Waals surface area (Å²) in [7, 11) is 0. The van der Waals surface area contributed by atoms with Gasteiger partial charge in [-0.1, -0.05) is 41.5 Å². The molecule has 0 aliphatic rings. The lowest BCUT2D eigenvalue weighted by molar-refractivity contribution is 0.587. The highest BCUT2D eigenvalue weighted by molar-refractivity contribution is 5.15. The van der Waals surface area contributed by atoms with E-state index >= 15 is 0 Å². The van der Waals surface area contributed by atoms with Crippen molar-refractivity contribution in [1.29, 1.82) is 0 Å². The quantitative estimate of drug-likeness (QED) is 0.784. The Bertz CT molecular complexity index is 261. The minimum absolute atomic E-state index is 0.578. The molecule has 0 bridgehead atoms. The van der Waals surface area contributed by atoms with Crippen LogP contribution in [0.25, 0.3) is 0 Å². The van der Waals surface area contributed by atoms with Crippen molar-refractivity contribution in [2.45, 2.75) is 59.9 Å². The maximum absolute atomic E-state index is 3.45. The third kappa shape index (κ3) is 5.96. The van der Waals surface area contributed by atoms with Crippen LogP contribution in [0.4, 0.5) is 0 Å². The number of nitrogens with one attached hydrogen (secondary N) is 2. The summed E-state index contributed by atoms with van der Waals surface area (Å²) in [6.45, 7) is 13.8. The Labute approximate surface area is 101 Å². The van der Waals surface area contributed by atoms with E-state index in [4.69, 9.17) is 0 Å². The molecular formula is C14H28N2. The fourth-order valence-corrected chi connectivity index (χ4v) is 1.44. The topological polar surface area (TPSA) is 27.8 Å². The molecule has 0 spiro atoms. The van der Waals surface area contributed by atoms with Gasteiger partial charge in [-0.2, -0.15) is 0 Å². The lowest BCUT2D eigenvalue weighted by Crippen LogP contribution is -2.25. The molecule has 0 aromatic carbocycles. The van der Waals surface area contributed by atoms with Crippen molar-refractivity contribution in [3.63, 3.8) is 0 Å². The fourth-order valence-electron chi connectivity index (χ4n) is 1.44. The smallest absolute Gasteiger partial charge is 0.0175 e. The van der Waals surface area contributed by atoms with Gasteiger partial charge in [-0.3, -0.25) is 0 Å². The van der Waals surface area contributed by atoms with E-state index < -0.39 is 0 Å². The van der Waals surface area contributed by atoms with E-state index in [0.29, 0.717) is 12.0 Å². The van der Waals surface area contributed by atoms with Crippen molar-refractivity contribution in [3.8, 4) is 0 Å². The predicted molar refractivity (Wildman–Crippen MR) is 73.1 cm³/mol. The van der Waals surface area contributed by atoms with Crippen LogP contribution in [0, 0.1) is 0 Å². The maximum atomic E-state index is 3.45. The SMILES string of the molecule is CC.CC(C)NCCc1ccc(C(C)C)[nH]1. The van der Waals surface area contributed by atoms with Gasteiger partial charge in [0, 0.05) is 24.0 Å². The largest absolute Gasteiger partial charge is 0.362 e. The van der Waals surface area contributed by atoms with Gasteiger partial charge in [0.2, 0.25) is 0 Å². The molecule has 0 aliphatic carbocycles. The monoisotopic (exact) mass is 224 g/mol. The van der Waals surface area contributed by atoms with E-state index in [2.05, 4.69) is 50.1 Å². The van der Waals surface area contributed by atoms with E-state index in [1.165, 1.54) is 11.4 Å². The zero-order valence-electron chi connectivity index (χ0n) is 11.7. The first kappa shape index (κ1) is 15.2. The van der Waals surface area contributed by atoms with Gasteiger partial charge in [-0.25, -0.2) is 0 Å². The highest BCUT2D eigenvalue weighted by Gasteiger charge is 2.02. The summed E-state index contributed by atoms with van der Waals surface area (Å²) in [5.41, 5.74) is 2.67. The van der Waals surface area contributed by atoms with Crippen LogP contribution in [0.1, 0.15) is 58.8 Å². The normalized spacial score (nSPS) is 10.5. The minimum Gasteiger partial charge on any atom is -0.362 e. The van der Waals surface area contributed by atoms with Crippen LogP contribution in [0.3, 0.4) is 0 Å². The first-order chi connectivity index (χ1) is 7.59. The van der Waals surface area contributed by atoms with Crippen LogP contribution in [0.15, 0.2) is 12.1 Å². The van der Waals surface area contributed by atoms with Crippen LogP contribution in [-0.4, -0.2) is 17.6 Å². The summed E-state index contributed by atoms with van der Waals surface area (Å²) in [6, 6.07) is 4.96. The van der Waals surface area contributed by atoms with E-state index in [0.717, 1.165) is 13.0 Å². The average molecular weight is 224 g/mol. The molecule has 0 fully saturated rings. The Morgan fingerprint density at radius 1 is 1.12 bits per heavy atom. The Morgan fingerprint density at radius 2 is 1.75 bits per heavy atom. The van der Waals surface area contributed by atoms with Gasteiger partial charge in [0.1, 0.15) is 0 Å². The van der Waals surface area contributed by atoms with Crippen molar-refractivity contribution in [3.05, 3.63) is 23.5 Å². The molecule has 2 N–H and O–H groups in total. The summed E-state index contributed by atoms with van der Waals surface area (Å²) >= 11 is 0. The van der Waals surface area contributed by atoms with Gasteiger partial charge >= 0.3 is 0 Å². The highest BCUT2D eigenvalue weighted by Crippen LogP contribution is 2.13. The van der Waals surface area contributed by atoms with Crippen LogP contribution < -0.4 is 5.32 Å². The number of aromatic nitrogens is 1. The number of hydrogen-bond donors (Lipinski definition) is 2. The molecule has 1 aromatic rings. The first-order valence-electron chi connectivity index (χ1n) is 6.50. The summed E-state index contributed by atoms with van der Waals surface area (Å²) in [5.74, 6) is 0.599. The summed E-state index contributed by atoms with van der Waals surface area (Å²) in [4.78, 5) is 3.45. The predicted octanol–water partition coefficient (Wildman–Crippen LogP) is 3.70. The second kappa shape index (κ2) is 8.40. The fraction of sp³-hybridized carbons (Fsp3) is 0.714. The lowest BCUT2D eigenvalue weighted by atomic mass is 10.1. The molecule has 0 atom stereocenters. The van der Waals surface area contributed by atoms with E-state index in [-0.39, 0.29) is 0 Å². The van der Waals surface area contributed by atoms with Gasteiger partial charge in [-0.15, -0.1) is 0 Å².